The van der Waals surface area contributed by atoms with E-state index < -0.39 is 0 Å². The van der Waals surface area contributed by atoms with Crippen molar-refractivity contribution in [3.63, 3.8) is 0 Å². The Morgan fingerprint density at radius 3 is 2.54 bits per heavy atom. The van der Waals surface area contributed by atoms with Crippen LogP contribution in [0.1, 0.15) is 27.7 Å². The van der Waals surface area contributed by atoms with Gasteiger partial charge < -0.3 is 15.0 Å². The lowest BCUT2D eigenvalue weighted by Gasteiger charge is -2.19. The molecule has 1 aromatic heterocycles. The lowest BCUT2D eigenvalue weighted by molar-refractivity contribution is 0.0851. The van der Waals surface area contributed by atoms with Gasteiger partial charge in [-0.25, -0.2) is 9.89 Å². The second-order valence-electron chi connectivity index (χ2n) is 5.23. The molecule has 0 saturated heterocycles. The van der Waals surface area contributed by atoms with Crippen LogP contribution in [0.15, 0.2) is 29.1 Å². The number of carbonyl (C=O) groups is 1. The molecule has 0 atom stereocenters. The molecule has 0 saturated carbocycles. The van der Waals surface area contributed by atoms with E-state index in [2.05, 4.69) is 15.5 Å². The van der Waals surface area contributed by atoms with Crippen LogP contribution in [-0.4, -0.2) is 47.4 Å². The Labute approximate surface area is 142 Å². The van der Waals surface area contributed by atoms with Crippen LogP contribution in [0, 0.1) is 0 Å². The average Bonchev–Trinajstić information content (AvgIpc) is 2.58. The molecule has 7 nitrogen and oxygen atoms in total. The van der Waals surface area contributed by atoms with Crippen LogP contribution in [0.4, 0.5) is 10.6 Å². The summed E-state index contributed by atoms with van der Waals surface area (Å²) in [6.07, 6.45) is -0.510. The lowest BCUT2D eigenvalue weighted by atomic mass is 10.2. The predicted molar refractivity (Wildman–Crippen MR) is 96.4 cm³/mol. The van der Waals surface area contributed by atoms with E-state index in [0.29, 0.717) is 24.3 Å². The van der Waals surface area contributed by atoms with Crippen LogP contribution in [0.5, 0.6) is 0 Å². The molecule has 1 heterocycles. The quantitative estimate of drug-likeness (QED) is 0.878. The van der Waals surface area contributed by atoms with Crippen molar-refractivity contribution >= 4 is 22.7 Å². The number of hydrogen-bond acceptors (Lipinski definition) is 5. The number of hydrogen-bond donors (Lipinski definition) is 2. The predicted octanol–water partition coefficient (Wildman–Crippen LogP) is 2.84. The number of aromatic amines is 1. The van der Waals surface area contributed by atoms with Crippen molar-refractivity contribution < 1.29 is 9.53 Å². The van der Waals surface area contributed by atoms with Crippen LogP contribution in [0.3, 0.4) is 0 Å². The van der Waals surface area contributed by atoms with E-state index in [0.717, 1.165) is 5.39 Å². The maximum absolute atomic E-state index is 11.7. The van der Waals surface area contributed by atoms with Crippen molar-refractivity contribution in [2.45, 2.75) is 33.8 Å². The first kappa shape index (κ1) is 19.5. The minimum Gasteiger partial charge on any atom is -0.447 e. The molecule has 0 unspecified atom stereocenters. The first-order chi connectivity index (χ1) is 11.5. The molecule has 7 heteroatoms. The highest BCUT2D eigenvalue weighted by Crippen LogP contribution is 2.16. The van der Waals surface area contributed by atoms with Gasteiger partial charge in [-0.1, -0.05) is 32.0 Å². The Morgan fingerprint density at radius 2 is 1.92 bits per heavy atom. The molecule has 0 spiro atoms. The van der Waals surface area contributed by atoms with E-state index in [4.69, 9.17) is 4.74 Å². The van der Waals surface area contributed by atoms with Crippen molar-refractivity contribution in [3.05, 3.63) is 34.6 Å². The lowest BCUT2D eigenvalue weighted by Crippen LogP contribution is -2.33. The number of aromatic nitrogens is 2. The summed E-state index contributed by atoms with van der Waals surface area (Å²) in [6.45, 7) is 8.56. The van der Waals surface area contributed by atoms with Gasteiger partial charge in [0.05, 0.1) is 11.5 Å². The number of carbonyl (C=O) groups excluding carboxylic acids is 1. The third kappa shape index (κ3) is 5.26. The number of rotatable bonds is 5. The zero-order valence-corrected chi connectivity index (χ0v) is 14.9. The highest BCUT2D eigenvalue weighted by atomic mass is 16.6. The molecule has 1 amide bonds. The van der Waals surface area contributed by atoms with Crippen LogP contribution in [0.2, 0.25) is 0 Å². The zero-order chi connectivity index (χ0) is 18.1. The minimum atomic E-state index is -0.365. The molecular formula is C17H26N4O3. The minimum absolute atomic E-state index is 0.146. The molecule has 0 aliphatic carbocycles. The highest BCUT2D eigenvalue weighted by Gasteiger charge is 2.11. The second-order valence-corrected chi connectivity index (χ2v) is 5.23. The van der Waals surface area contributed by atoms with Crippen molar-refractivity contribution in [1.29, 1.82) is 0 Å². The fourth-order valence-electron chi connectivity index (χ4n) is 1.97. The summed E-state index contributed by atoms with van der Waals surface area (Å²) in [5.74, 6) is 0.584. The zero-order valence-electron chi connectivity index (χ0n) is 14.9. The van der Waals surface area contributed by atoms with Gasteiger partial charge in [-0.05, 0) is 19.9 Å². The summed E-state index contributed by atoms with van der Waals surface area (Å²) < 4.78 is 5.10. The molecule has 1 aromatic carbocycles. The van der Waals surface area contributed by atoms with Gasteiger partial charge in [0.25, 0.3) is 5.56 Å². The molecular weight excluding hydrogens is 308 g/mol. The number of anilines is 1. The summed E-state index contributed by atoms with van der Waals surface area (Å²) in [6, 6.07) is 7.22. The number of amides is 1. The summed E-state index contributed by atoms with van der Waals surface area (Å²) in [4.78, 5) is 24.8. The molecule has 132 valence electrons. The Bertz CT molecular complexity index is 712. The average molecular weight is 334 g/mol. The molecule has 0 aliphatic heterocycles. The number of likely N-dealkylation sites (N-methyl/N-ethyl adjacent to an activating group) is 1. The summed E-state index contributed by atoms with van der Waals surface area (Å²) in [5, 5.41) is 10.9. The Hall–Kier alpha value is -2.57. The van der Waals surface area contributed by atoms with Crippen LogP contribution in [-0.2, 0) is 4.74 Å². The van der Waals surface area contributed by atoms with E-state index >= 15 is 0 Å². The second kappa shape index (κ2) is 9.54. The third-order valence-electron chi connectivity index (χ3n) is 3.08. The SMILES string of the molecule is CC.CC(C)OC(=O)N(C)CCNc1n[nH]c(=O)c2ccccc12. The Balaban J connectivity index is 0.00000139. The molecule has 2 N–H and O–H groups in total. The topological polar surface area (TPSA) is 87.3 Å². The largest absolute Gasteiger partial charge is 0.447 e. The van der Waals surface area contributed by atoms with E-state index in [1.54, 1.807) is 33.0 Å². The number of H-pyrrole nitrogens is 1. The smallest absolute Gasteiger partial charge is 0.409 e. The monoisotopic (exact) mass is 334 g/mol. The van der Waals surface area contributed by atoms with Gasteiger partial charge in [0, 0.05) is 25.5 Å². The number of nitrogens with zero attached hydrogens (tertiary/aromatic N) is 2. The first-order valence-corrected chi connectivity index (χ1v) is 8.12. The van der Waals surface area contributed by atoms with Crippen molar-refractivity contribution in [1.82, 2.24) is 15.1 Å². The van der Waals surface area contributed by atoms with Crippen LogP contribution < -0.4 is 10.9 Å². The van der Waals surface area contributed by atoms with Gasteiger partial charge in [-0.2, -0.15) is 5.10 Å². The van der Waals surface area contributed by atoms with E-state index in [1.807, 2.05) is 26.0 Å². The summed E-state index contributed by atoms with van der Waals surface area (Å²) >= 11 is 0. The van der Waals surface area contributed by atoms with Gasteiger partial charge in [-0.3, -0.25) is 4.79 Å². The molecule has 0 radical (unpaired) electrons. The third-order valence-corrected chi connectivity index (χ3v) is 3.08. The highest BCUT2D eigenvalue weighted by molar-refractivity contribution is 5.90. The molecule has 0 fully saturated rings. The van der Waals surface area contributed by atoms with E-state index in [9.17, 15) is 9.59 Å². The Morgan fingerprint density at radius 1 is 1.29 bits per heavy atom. The number of benzene rings is 1. The maximum Gasteiger partial charge on any atom is 0.409 e. The van der Waals surface area contributed by atoms with Gasteiger partial charge in [-0.15, -0.1) is 0 Å². The Kier molecular flexibility index (Phi) is 7.74. The fraction of sp³-hybridized carbons (Fsp3) is 0.471. The molecule has 24 heavy (non-hydrogen) atoms. The maximum atomic E-state index is 11.7. The number of fused-ring (bicyclic) bond motifs is 1. The molecule has 0 bridgehead atoms. The molecule has 0 aliphatic rings. The number of ether oxygens (including phenoxy) is 1. The van der Waals surface area contributed by atoms with Crippen LogP contribution in [0.25, 0.3) is 10.8 Å². The standard InChI is InChI=1S/C15H20N4O3.C2H6/c1-10(2)22-15(21)19(3)9-8-16-13-11-6-4-5-7-12(11)14(20)18-17-13;1-2/h4-7,10H,8-9H2,1-3H3,(H,16,17)(H,18,20);1-2H3. The van der Waals surface area contributed by atoms with Crippen molar-refractivity contribution in [2.75, 3.05) is 25.5 Å². The first-order valence-electron chi connectivity index (χ1n) is 8.12. The number of nitrogens with one attached hydrogen (secondary N) is 2. The van der Waals surface area contributed by atoms with Gasteiger partial charge >= 0.3 is 6.09 Å². The van der Waals surface area contributed by atoms with Crippen LogP contribution >= 0.6 is 0 Å². The van der Waals surface area contributed by atoms with E-state index in [1.165, 1.54) is 4.90 Å². The van der Waals surface area contributed by atoms with Gasteiger partial charge in [0.2, 0.25) is 0 Å². The molecule has 2 aromatic rings. The summed E-state index contributed by atoms with van der Waals surface area (Å²) in [5.41, 5.74) is -0.223. The van der Waals surface area contributed by atoms with Gasteiger partial charge in [0.15, 0.2) is 5.82 Å². The van der Waals surface area contributed by atoms with Crippen molar-refractivity contribution in [2.24, 2.45) is 0 Å². The molecule has 2 rings (SSSR count). The fourth-order valence-corrected chi connectivity index (χ4v) is 1.97. The van der Waals surface area contributed by atoms with Crippen molar-refractivity contribution in [3.8, 4) is 0 Å². The van der Waals surface area contributed by atoms with E-state index in [-0.39, 0.29) is 17.8 Å². The normalized spacial score (nSPS) is 10.1. The van der Waals surface area contributed by atoms with Gasteiger partial charge in [0.1, 0.15) is 0 Å². The summed E-state index contributed by atoms with van der Waals surface area (Å²) in [7, 11) is 1.67.